The summed E-state index contributed by atoms with van der Waals surface area (Å²) < 4.78 is 5.75. The van der Waals surface area contributed by atoms with E-state index in [4.69, 9.17) is 10.5 Å². The van der Waals surface area contributed by atoms with Crippen LogP contribution in [0, 0.1) is 0 Å². The van der Waals surface area contributed by atoms with Crippen molar-refractivity contribution in [2.75, 3.05) is 24.6 Å². The van der Waals surface area contributed by atoms with Crippen molar-refractivity contribution in [1.82, 2.24) is 15.2 Å². The normalized spacial score (nSPS) is 27.8. The van der Waals surface area contributed by atoms with Crippen molar-refractivity contribution in [1.29, 1.82) is 0 Å². The standard InChI is InChI=1S/C14H25N5O/c15-11-4-3-8-19(10-11)14-16-13(17-18-14)7-6-12-5-1-2-9-20-12/h11-12H,1-10,15H2,(H,16,17,18). The van der Waals surface area contributed by atoms with Crippen LogP contribution in [0.5, 0.6) is 0 Å². The Morgan fingerprint density at radius 2 is 2.25 bits per heavy atom. The van der Waals surface area contributed by atoms with Crippen molar-refractivity contribution in [3.8, 4) is 0 Å². The molecule has 1 aromatic rings. The first kappa shape index (κ1) is 13.8. The molecule has 0 radical (unpaired) electrons. The van der Waals surface area contributed by atoms with Crippen LogP contribution < -0.4 is 10.6 Å². The van der Waals surface area contributed by atoms with Gasteiger partial charge in [-0.15, -0.1) is 5.10 Å². The summed E-state index contributed by atoms with van der Waals surface area (Å²) in [5.74, 6) is 1.77. The van der Waals surface area contributed by atoms with Crippen molar-refractivity contribution < 1.29 is 4.74 Å². The summed E-state index contributed by atoms with van der Waals surface area (Å²) in [6.07, 6.45) is 8.26. The predicted molar refractivity (Wildman–Crippen MR) is 77.7 cm³/mol. The van der Waals surface area contributed by atoms with Crippen molar-refractivity contribution in [3.63, 3.8) is 0 Å². The highest BCUT2D eigenvalue weighted by Gasteiger charge is 2.20. The van der Waals surface area contributed by atoms with Crippen LogP contribution in [0.3, 0.4) is 0 Å². The number of H-pyrrole nitrogens is 1. The van der Waals surface area contributed by atoms with Crippen LogP contribution in [-0.4, -0.2) is 47.0 Å². The zero-order valence-corrected chi connectivity index (χ0v) is 12.1. The number of hydrogen-bond donors (Lipinski definition) is 2. The van der Waals surface area contributed by atoms with Gasteiger partial charge in [-0.3, -0.25) is 5.10 Å². The van der Waals surface area contributed by atoms with Crippen molar-refractivity contribution in [2.24, 2.45) is 5.73 Å². The van der Waals surface area contributed by atoms with E-state index < -0.39 is 0 Å². The summed E-state index contributed by atoms with van der Waals surface area (Å²) in [6.45, 7) is 2.79. The number of rotatable bonds is 4. The summed E-state index contributed by atoms with van der Waals surface area (Å²) in [6, 6.07) is 0.251. The molecule has 112 valence electrons. The summed E-state index contributed by atoms with van der Waals surface area (Å²) in [4.78, 5) is 6.79. The fourth-order valence-corrected chi connectivity index (χ4v) is 3.06. The van der Waals surface area contributed by atoms with E-state index in [-0.39, 0.29) is 6.04 Å². The number of nitrogens with two attached hydrogens (primary N) is 1. The molecule has 0 spiro atoms. The van der Waals surface area contributed by atoms with Gasteiger partial charge in [0.25, 0.3) is 0 Å². The third-order valence-electron chi connectivity index (χ3n) is 4.24. The number of nitrogens with zero attached hydrogens (tertiary/aromatic N) is 3. The molecule has 2 atom stereocenters. The first-order valence-corrected chi connectivity index (χ1v) is 7.84. The van der Waals surface area contributed by atoms with E-state index in [1.165, 1.54) is 19.3 Å². The maximum atomic E-state index is 6.00. The Morgan fingerprint density at radius 3 is 3.05 bits per heavy atom. The van der Waals surface area contributed by atoms with Gasteiger partial charge >= 0.3 is 0 Å². The van der Waals surface area contributed by atoms with E-state index in [0.29, 0.717) is 6.10 Å². The van der Waals surface area contributed by atoms with Gasteiger partial charge in [-0.1, -0.05) is 0 Å². The Bertz CT molecular complexity index is 415. The minimum absolute atomic E-state index is 0.251. The maximum Gasteiger partial charge on any atom is 0.244 e. The fourth-order valence-electron chi connectivity index (χ4n) is 3.06. The van der Waals surface area contributed by atoms with Crippen molar-refractivity contribution in [3.05, 3.63) is 5.82 Å². The highest BCUT2D eigenvalue weighted by Crippen LogP contribution is 2.18. The molecule has 2 aliphatic heterocycles. The zero-order valence-electron chi connectivity index (χ0n) is 12.1. The molecule has 0 amide bonds. The lowest BCUT2D eigenvalue weighted by molar-refractivity contribution is 0.0112. The maximum absolute atomic E-state index is 6.00. The molecule has 6 heteroatoms. The highest BCUT2D eigenvalue weighted by molar-refractivity contribution is 5.29. The smallest absolute Gasteiger partial charge is 0.244 e. The lowest BCUT2D eigenvalue weighted by Gasteiger charge is -2.29. The second-order valence-corrected chi connectivity index (χ2v) is 5.96. The third kappa shape index (κ3) is 3.49. The molecule has 2 aliphatic rings. The van der Waals surface area contributed by atoms with Gasteiger partial charge in [-0.2, -0.15) is 4.98 Å². The highest BCUT2D eigenvalue weighted by atomic mass is 16.5. The van der Waals surface area contributed by atoms with Crippen molar-refractivity contribution >= 4 is 5.95 Å². The molecule has 0 saturated carbocycles. The molecule has 0 aromatic carbocycles. The van der Waals surface area contributed by atoms with Gasteiger partial charge in [0.1, 0.15) is 5.82 Å². The Kier molecular flexibility index (Phi) is 4.52. The number of anilines is 1. The molecule has 2 saturated heterocycles. The summed E-state index contributed by atoms with van der Waals surface area (Å²) >= 11 is 0. The van der Waals surface area contributed by atoms with Gasteiger partial charge in [0.15, 0.2) is 0 Å². The Morgan fingerprint density at radius 1 is 1.30 bits per heavy atom. The summed E-state index contributed by atoms with van der Waals surface area (Å²) in [5, 5.41) is 7.39. The monoisotopic (exact) mass is 279 g/mol. The van der Waals surface area contributed by atoms with Crippen molar-refractivity contribution in [2.45, 2.75) is 57.1 Å². The van der Waals surface area contributed by atoms with Gasteiger partial charge in [0, 0.05) is 32.2 Å². The van der Waals surface area contributed by atoms with Crippen LogP contribution in [0.15, 0.2) is 0 Å². The van der Waals surface area contributed by atoms with E-state index in [1.54, 1.807) is 0 Å². The van der Waals surface area contributed by atoms with E-state index in [0.717, 1.165) is 57.2 Å². The molecule has 2 unspecified atom stereocenters. The summed E-state index contributed by atoms with van der Waals surface area (Å²) in [7, 11) is 0. The number of aromatic nitrogens is 3. The van der Waals surface area contributed by atoms with Crippen LogP contribution >= 0.6 is 0 Å². The van der Waals surface area contributed by atoms with Crippen LogP contribution in [0.4, 0.5) is 5.95 Å². The average molecular weight is 279 g/mol. The predicted octanol–water partition coefficient (Wildman–Crippen LogP) is 1.23. The molecular formula is C14H25N5O. The van der Waals surface area contributed by atoms with Crippen LogP contribution in [0.2, 0.25) is 0 Å². The molecular weight excluding hydrogens is 254 g/mol. The second-order valence-electron chi connectivity index (χ2n) is 5.96. The Hall–Kier alpha value is -1.14. The zero-order chi connectivity index (χ0) is 13.8. The Labute approximate surface area is 120 Å². The molecule has 6 nitrogen and oxygen atoms in total. The number of aryl methyl sites for hydroxylation is 1. The molecule has 0 aliphatic carbocycles. The fraction of sp³-hybridized carbons (Fsp3) is 0.857. The van der Waals surface area contributed by atoms with E-state index >= 15 is 0 Å². The van der Waals surface area contributed by atoms with E-state index in [2.05, 4.69) is 20.1 Å². The molecule has 3 N–H and O–H groups in total. The van der Waals surface area contributed by atoms with E-state index in [9.17, 15) is 0 Å². The lowest BCUT2D eigenvalue weighted by atomic mass is 10.0. The number of aromatic amines is 1. The lowest BCUT2D eigenvalue weighted by Crippen LogP contribution is -2.43. The largest absolute Gasteiger partial charge is 0.378 e. The van der Waals surface area contributed by atoms with Gasteiger partial charge in [0.2, 0.25) is 5.95 Å². The molecule has 20 heavy (non-hydrogen) atoms. The first-order valence-electron chi connectivity index (χ1n) is 7.84. The van der Waals surface area contributed by atoms with Gasteiger partial charge in [-0.05, 0) is 38.5 Å². The van der Waals surface area contributed by atoms with Crippen LogP contribution in [0.1, 0.15) is 44.3 Å². The van der Waals surface area contributed by atoms with Gasteiger partial charge in [-0.25, -0.2) is 0 Å². The molecule has 3 rings (SSSR count). The van der Waals surface area contributed by atoms with Gasteiger partial charge < -0.3 is 15.4 Å². The third-order valence-corrected chi connectivity index (χ3v) is 4.24. The SMILES string of the molecule is NC1CCCN(c2n[nH]c(CCC3CCCCO3)n2)C1. The first-order chi connectivity index (χ1) is 9.81. The van der Waals surface area contributed by atoms with Crippen LogP contribution in [0.25, 0.3) is 0 Å². The second kappa shape index (κ2) is 6.54. The Balaban J connectivity index is 1.51. The topological polar surface area (TPSA) is 80.1 Å². The number of hydrogen-bond acceptors (Lipinski definition) is 5. The number of ether oxygens (including phenoxy) is 1. The number of nitrogens with one attached hydrogen (secondary N) is 1. The van der Waals surface area contributed by atoms with Gasteiger partial charge in [0.05, 0.1) is 6.10 Å². The minimum Gasteiger partial charge on any atom is -0.378 e. The van der Waals surface area contributed by atoms with E-state index in [1.807, 2.05) is 0 Å². The summed E-state index contributed by atoms with van der Waals surface area (Å²) in [5.41, 5.74) is 6.00. The van der Waals surface area contributed by atoms with Crippen LogP contribution in [-0.2, 0) is 11.2 Å². The molecule has 0 bridgehead atoms. The quantitative estimate of drug-likeness (QED) is 0.866. The number of piperidine rings is 1. The molecule has 3 heterocycles. The minimum atomic E-state index is 0.251. The molecule has 2 fully saturated rings. The average Bonchev–Trinajstić information content (AvgIpc) is 2.95. The molecule has 1 aromatic heterocycles.